The maximum Gasteiger partial charge on any atom is 0.315 e. The lowest BCUT2D eigenvalue weighted by molar-refractivity contribution is -0.146. The summed E-state index contributed by atoms with van der Waals surface area (Å²) in [6, 6.07) is 14.6. The van der Waals surface area contributed by atoms with Crippen LogP contribution in [0, 0.1) is 5.92 Å². The number of aromatic nitrogens is 2. The number of nitrogens with one attached hydrogen (secondary N) is 1. The van der Waals surface area contributed by atoms with Crippen LogP contribution in [0.3, 0.4) is 0 Å². The monoisotopic (exact) mass is 361 g/mol. The van der Waals surface area contributed by atoms with Crippen molar-refractivity contribution in [2.45, 2.75) is 32.6 Å². The lowest BCUT2D eigenvalue weighted by atomic mass is 9.76. The Morgan fingerprint density at radius 2 is 1.96 bits per heavy atom. The number of aliphatic imine (C=N–C) groups is 1. The van der Waals surface area contributed by atoms with Crippen molar-refractivity contribution in [1.29, 1.82) is 0 Å². The Bertz CT molecular complexity index is 1010. The third-order valence-corrected chi connectivity index (χ3v) is 5.11. The lowest BCUT2D eigenvalue weighted by Crippen LogP contribution is -2.34. The summed E-state index contributed by atoms with van der Waals surface area (Å²) >= 11 is 0. The molecule has 2 heterocycles. The standard InChI is InChI=1S/C22H23N3O2/c1-3-7-18-20(22(26)27-4-2)19(17-13-23-25-21(17)24-18)16-11-10-14-8-5-6-9-15(14)12-16/h5-6,8-13,19-20H,3-4,7H2,1-2H3,(H,23,25). The largest absolute Gasteiger partial charge is 0.465 e. The zero-order chi connectivity index (χ0) is 18.8. The Balaban J connectivity index is 1.87. The number of fused-ring (bicyclic) bond motifs is 2. The van der Waals surface area contributed by atoms with Gasteiger partial charge in [0.2, 0.25) is 0 Å². The second-order valence-corrected chi connectivity index (χ2v) is 6.84. The molecule has 1 aliphatic heterocycles. The van der Waals surface area contributed by atoms with E-state index in [0.717, 1.165) is 40.9 Å². The molecule has 3 aromatic rings. The number of hydrogen-bond acceptors (Lipinski definition) is 4. The molecule has 2 atom stereocenters. The molecule has 5 nitrogen and oxygen atoms in total. The SMILES string of the molecule is CCCC1=Nc2[nH]ncc2C(c2ccc3ccccc3c2)C1C(=O)OCC. The van der Waals surface area contributed by atoms with Gasteiger partial charge in [-0.1, -0.05) is 55.8 Å². The van der Waals surface area contributed by atoms with Crippen LogP contribution < -0.4 is 0 Å². The number of benzene rings is 2. The Morgan fingerprint density at radius 3 is 2.74 bits per heavy atom. The van der Waals surface area contributed by atoms with Gasteiger partial charge in [-0.25, -0.2) is 4.99 Å². The minimum Gasteiger partial charge on any atom is -0.465 e. The predicted octanol–water partition coefficient (Wildman–Crippen LogP) is 4.76. The Morgan fingerprint density at radius 1 is 1.15 bits per heavy atom. The van der Waals surface area contributed by atoms with Crippen LogP contribution in [0.1, 0.15) is 43.7 Å². The van der Waals surface area contributed by atoms with E-state index >= 15 is 0 Å². The van der Waals surface area contributed by atoms with Gasteiger partial charge in [0.1, 0.15) is 5.92 Å². The molecule has 1 aromatic heterocycles. The molecule has 138 valence electrons. The topological polar surface area (TPSA) is 67.3 Å². The number of hydrogen-bond donors (Lipinski definition) is 1. The van der Waals surface area contributed by atoms with Gasteiger partial charge in [-0.2, -0.15) is 5.10 Å². The Labute approximate surface area is 158 Å². The number of esters is 1. The fraction of sp³-hybridized carbons (Fsp3) is 0.318. The summed E-state index contributed by atoms with van der Waals surface area (Å²) in [5.41, 5.74) is 2.90. The van der Waals surface area contributed by atoms with E-state index in [2.05, 4.69) is 47.5 Å². The van der Waals surface area contributed by atoms with Gasteiger partial charge in [-0.3, -0.25) is 9.89 Å². The quantitative estimate of drug-likeness (QED) is 0.666. The number of carbonyl (C=O) groups is 1. The zero-order valence-corrected chi connectivity index (χ0v) is 15.6. The smallest absolute Gasteiger partial charge is 0.315 e. The Hall–Kier alpha value is -2.95. The zero-order valence-electron chi connectivity index (χ0n) is 15.6. The van der Waals surface area contributed by atoms with Gasteiger partial charge >= 0.3 is 5.97 Å². The molecule has 0 amide bonds. The molecule has 1 N–H and O–H groups in total. The third kappa shape index (κ3) is 3.14. The summed E-state index contributed by atoms with van der Waals surface area (Å²) in [7, 11) is 0. The number of ether oxygens (including phenoxy) is 1. The van der Waals surface area contributed by atoms with Crippen molar-refractivity contribution >= 4 is 28.3 Å². The van der Waals surface area contributed by atoms with Crippen LogP contribution in [0.2, 0.25) is 0 Å². The van der Waals surface area contributed by atoms with Gasteiger partial charge in [-0.05, 0) is 29.7 Å². The number of H-pyrrole nitrogens is 1. The molecule has 0 radical (unpaired) electrons. The normalized spacial score (nSPS) is 18.8. The van der Waals surface area contributed by atoms with Crippen LogP contribution in [0.25, 0.3) is 10.8 Å². The second-order valence-electron chi connectivity index (χ2n) is 6.84. The number of rotatable bonds is 5. The van der Waals surface area contributed by atoms with E-state index in [9.17, 15) is 4.79 Å². The highest BCUT2D eigenvalue weighted by atomic mass is 16.5. The van der Waals surface area contributed by atoms with Crippen LogP contribution in [0.4, 0.5) is 5.82 Å². The minimum absolute atomic E-state index is 0.151. The molecule has 2 unspecified atom stereocenters. The highest BCUT2D eigenvalue weighted by Gasteiger charge is 2.40. The van der Waals surface area contributed by atoms with Crippen molar-refractivity contribution in [2.24, 2.45) is 10.9 Å². The van der Waals surface area contributed by atoms with Gasteiger partial charge in [0.05, 0.1) is 12.8 Å². The molecule has 5 heteroatoms. The van der Waals surface area contributed by atoms with Crippen molar-refractivity contribution in [1.82, 2.24) is 10.2 Å². The highest BCUT2D eigenvalue weighted by molar-refractivity contribution is 6.06. The van der Waals surface area contributed by atoms with Crippen LogP contribution >= 0.6 is 0 Å². The number of aromatic amines is 1. The van der Waals surface area contributed by atoms with E-state index in [1.54, 1.807) is 6.20 Å². The maximum absolute atomic E-state index is 12.9. The molecule has 0 spiro atoms. The number of carbonyl (C=O) groups excluding carboxylic acids is 1. The molecule has 27 heavy (non-hydrogen) atoms. The summed E-state index contributed by atoms with van der Waals surface area (Å²) in [6.07, 6.45) is 3.46. The van der Waals surface area contributed by atoms with Crippen LogP contribution in [-0.4, -0.2) is 28.5 Å². The van der Waals surface area contributed by atoms with Crippen molar-refractivity contribution in [3.05, 3.63) is 59.8 Å². The molecule has 0 saturated heterocycles. The molecular formula is C22H23N3O2. The first kappa shape index (κ1) is 17.5. The van der Waals surface area contributed by atoms with E-state index < -0.39 is 5.92 Å². The van der Waals surface area contributed by atoms with E-state index in [0.29, 0.717) is 6.61 Å². The van der Waals surface area contributed by atoms with Gasteiger partial charge in [0, 0.05) is 17.2 Å². The molecule has 0 fully saturated rings. The first-order valence-electron chi connectivity index (χ1n) is 9.49. The van der Waals surface area contributed by atoms with Crippen molar-refractivity contribution in [2.75, 3.05) is 6.61 Å². The average Bonchev–Trinajstić information content (AvgIpc) is 3.15. The highest BCUT2D eigenvalue weighted by Crippen LogP contribution is 2.43. The van der Waals surface area contributed by atoms with Gasteiger partial charge in [0.15, 0.2) is 5.82 Å². The van der Waals surface area contributed by atoms with E-state index in [4.69, 9.17) is 9.73 Å². The summed E-state index contributed by atoms with van der Waals surface area (Å²) in [5, 5.41) is 9.51. The fourth-order valence-electron chi connectivity index (χ4n) is 3.94. The molecule has 2 aromatic carbocycles. The summed E-state index contributed by atoms with van der Waals surface area (Å²) in [6.45, 7) is 4.29. The van der Waals surface area contributed by atoms with Crippen molar-refractivity contribution < 1.29 is 9.53 Å². The van der Waals surface area contributed by atoms with Gasteiger partial charge < -0.3 is 4.74 Å². The number of nitrogens with zero attached hydrogens (tertiary/aromatic N) is 2. The minimum atomic E-state index is -0.420. The van der Waals surface area contributed by atoms with Crippen molar-refractivity contribution in [3.8, 4) is 0 Å². The summed E-state index contributed by atoms with van der Waals surface area (Å²) in [4.78, 5) is 17.6. The third-order valence-electron chi connectivity index (χ3n) is 5.11. The first-order valence-corrected chi connectivity index (χ1v) is 9.49. The average molecular weight is 361 g/mol. The lowest BCUT2D eigenvalue weighted by Gasteiger charge is -2.30. The van der Waals surface area contributed by atoms with Gasteiger partial charge in [-0.15, -0.1) is 0 Å². The van der Waals surface area contributed by atoms with E-state index in [-0.39, 0.29) is 11.9 Å². The second kappa shape index (κ2) is 7.35. The fourth-order valence-corrected chi connectivity index (χ4v) is 3.94. The van der Waals surface area contributed by atoms with Crippen LogP contribution in [0.5, 0.6) is 0 Å². The van der Waals surface area contributed by atoms with Crippen molar-refractivity contribution in [3.63, 3.8) is 0 Å². The molecular weight excluding hydrogens is 338 g/mol. The van der Waals surface area contributed by atoms with E-state index in [1.807, 2.05) is 19.1 Å². The molecule has 4 rings (SSSR count). The van der Waals surface area contributed by atoms with Gasteiger partial charge in [0.25, 0.3) is 0 Å². The molecule has 0 saturated carbocycles. The molecule has 0 aliphatic carbocycles. The summed E-state index contributed by atoms with van der Waals surface area (Å²) < 4.78 is 5.44. The van der Waals surface area contributed by atoms with E-state index in [1.165, 1.54) is 5.39 Å². The van der Waals surface area contributed by atoms with Crippen LogP contribution in [0.15, 0.2) is 53.7 Å². The Kier molecular flexibility index (Phi) is 4.75. The summed E-state index contributed by atoms with van der Waals surface area (Å²) in [5.74, 6) is -0.0375. The molecule has 0 bridgehead atoms. The predicted molar refractivity (Wildman–Crippen MR) is 107 cm³/mol. The molecule has 1 aliphatic rings. The maximum atomic E-state index is 12.9. The first-order chi connectivity index (χ1) is 13.2. The van der Waals surface area contributed by atoms with Crippen LogP contribution in [-0.2, 0) is 9.53 Å².